The zero-order chi connectivity index (χ0) is 25.4. The van der Waals surface area contributed by atoms with Gasteiger partial charge in [0.15, 0.2) is 17.4 Å². The second-order valence-corrected chi connectivity index (χ2v) is 9.36. The minimum Gasteiger partial charge on any atom is -0.486 e. The summed E-state index contributed by atoms with van der Waals surface area (Å²) in [6.07, 6.45) is 4.98. The molecule has 0 radical (unpaired) electrons. The third kappa shape index (κ3) is 7.56. The fraction of sp³-hybridized carbons (Fsp3) is 0.481. The van der Waals surface area contributed by atoms with Crippen LogP contribution < -0.4 is 15.0 Å². The largest absolute Gasteiger partial charge is 0.486 e. The maximum Gasteiger partial charge on any atom is 0.203 e. The number of fused-ring (bicyclic) bond motifs is 1. The van der Waals surface area contributed by atoms with Gasteiger partial charge in [0.1, 0.15) is 18.2 Å². The van der Waals surface area contributed by atoms with E-state index in [-0.39, 0.29) is 6.61 Å². The Morgan fingerprint density at radius 2 is 1.66 bits per heavy atom. The second kappa shape index (κ2) is 12.7. The van der Waals surface area contributed by atoms with Crippen LogP contribution in [0.1, 0.15) is 38.4 Å². The van der Waals surface area contributed by atoms with Crippen molar-refractivity contribution in [1.29, 1.82) is 0 Å². The highest BCUT2D eigenvalue weighted by atomic mass is 19.2. The van der Waals surface area contributed by atoms with E-state index in [1.807, 2.05) is 50.2 Å². The van der Waals surface area contributed by atoms with Crippen LogP contribution in [-0.2, 0) is 0 Å². The van der Waals surface area contributed by atoms with Crippen LogP contribution in [0.4, 0.5) is 19.0 Å². The molecule has 1 N–H and O–H groups in total. The Kier molecular flexibility index (Phi) is 9.72. The van der Waals surface area contributed by atoms with Crippen LogP contribution in [0.15, 0.2) is 36.4 Å². The van der Waals surface area contributed by atoms with Gasteiger partial charge in [-0.3, -0.25) is 0 Å². The van der Waals surface area contributed by atoms with Gasteiger partial charge in [0.05, 0.1) is 5.52 Å². The molecule has 2 aromatic carbocycles. The molecule has 0 atom stereocenters. The number of halogens is 3. The summed E-state index contributed by atoms with van der Waals surface area (Å²) in [6.45, 7) is 5.69. The minimum atomic E-state index is -1.27. The Morgan fingerprint density at radius 1 is 0.971 bits per heavy atom. The molecule has 0 saturated heterocycles. The molecule has 1 aliphatic rings. The fourth-order valence-electron chi connectivity index (χ4n) is 4.22. The van der Waals surface area contributed by atoms with E-state index in [4.69, 9.17) is 4.74 Å². The van der Waals surface area contributed by atoms with E-state index in [2.05, 4.69) is 22.2 Å². The third-order valence-corrected chi connectivity index (χ3v) is 6.21. The highest BCUT2D eigenvalue weighted by Gasteiger charge is 2.18. The monoisotopic (exact) mass is 488 g/mol. The number of nitrogens with zero attached hydrogens (tertiary/aromatic N) is 3. The van der Waals surface area contributed by atoms with Crippen molar-refractivity contribution in [3.05, 3.63) is 59.7 Å². The van der Waals surface area contributed by atoms with Crippen LogP contribution in [0.3, 0.4) is 0 Å². The normalized spacial score (nSPS) is 17.6. The molecular weight excluding hydrogens is 453 g/mol. The lowest BCUT2D eigenvalue weighted by molar-refractivity contribution is 0.256. The Labute approximate surface area is 205 Å². The number of aryl methyl sites for hydroxylation is 1. The summed E-state index contributed by atoms with van der Waals surface area (Å²) in [6, 6.07) is 9.67. The molecular formula is C27H35F3N4O. The molecule has 0 bridgehead atoms. The molecule has 8 heteroatoms. The molecule has 0 aliphatic heterocycles. The quantitative estimate of drug-likeness (QED) is 0.331. The van der Waals surface area contributed by atoms with Crippen LogP contribution in [-0.4, -0.2) is 43.8 Å². The molecule has 1 fully saturated rings. The second-order valence-electron chi connectivity index (χ2n) is 9.36. The third-order valence-electron chi connectivity index (χ3n) is 6.21. The van der Waals surface area contributed by atoms with Gasteiger partial charge in [0, 0.05) is 26.0 Å². The van der Waals surface area contributed by atoms with E-state index in [9.17, 15) is 13.2 Å². The number of rotatable bonds is 7. The smallest absolute Gasteiger partial charge is 0.203 e. The van der Waals surface area contributed by atoms with E-state index in [1.165, 1.54) is 25.7 Å². The van der Waals surface area contributed by atoms with E-state index in [1.54, 1.807) is 0 Å². The van der Waals surface area contributed by atoms with Crippen molar-refractivity contribution in [2.45, 2.75) is 39.5 Å². The maximum atomic E-state index is 13.3. The SMILES string of the molecule is CC1CCC(CNCCOc2c(F)ccc(F)c2F)CC1.Cc1nc(N(C)C)c2ccccc2n1. The highest BCUT2D eigenvalue weighted by molar-refractivity contribution is 5.89. The van der Waals surface area contributed by atoms with Gasteiger partial charge in [-0.05, 0) is 62.4 Å². The first-order chi connectivity index (χ1) is 16.8. The molecule has 35 heavy (non-hydrogen) atoms. The molecule has 3 aromatic rings. The van der Waals surface area contributed by atoms with E-state index in [0.29, 0.717) is 12.5 Å². The number of anilines is 1. The average Bonchev–Trinajstić information content (AvgIpc) is 2.84. The molecule has 4 rings (SSSR count). The lowest BCUT2D eigenvalue weighted by Gasteiger charge is -2.26. The van der Waals surface area contributed by atoms with Gasteiger partial charge in [-0.25, -0.2) is 18.7 Å². The average molecular weight is 489 g/mol. The van der Waals surface area contributed by atoms with Crippen LogP contribution in [0, 0.1) is 36.2 Å². The summed E-state index contributed by atoms with van der Waals surface area (Å²) in [5.41, 5.74) is 1.00. The molecule has 0 unspecified atom stereocenters. The minimum absolute atomic E-state index is 0.112. The summed E-state index contributed by atoms with van der Waals surface area (Å²) < 4.78 is 44.6. The number of hydrogen-bond donors (Lipinski definition) is 1. The van der Waals surface area contributed by atoms with Gasteiger partial charge in [-0.15, -0.1) is 0 Å². The summed E-state index contributed by atoms with van der Waals surface area (Å²) in [7, 11) is 3.99. The van der Waals surface area contributed by atoms with Crippen LogP contribution in [0.5, 0.6) is 5.75 Å². The van der Waals surface area contributed by atoms with Crippen LogP contribution >= 0.6 is 0 Å². The Balaban J connectivity index is 0.000000211. The van der Waals surface area contributed by atoms with Crippen molar-refractivity contribution in [3.63, 3.8) is 0 Å². The van der Waals surface area contributed by atoms with Gasteiger partial charge >= 0.3 is 0 Å². The van der Waals surface area contributed by atoms with Gasteiger partial charge in [-0.1, -0.05) is 31.9 Å². The van der Waals surface area contributed by atoms with Crippen molar-refractivity contribution in [3.8, 4) is 5.75 Å². The Hall–Kier alpha value is -2.87. The molecule has 0 spiro atoms. The molecule has 0 amide bonds. The molecule has 1 heterocycles. The van der Waals surface area contributed by atoms with Crippen LogP contribution in [0.2, 0.25) is 0 Å². The van der Waals surface area contributed by atoms with Crippen molar-refractivity contribution in [1.82, 2.24) is 15.3 Å². The molecule has 1 saturated carbocycles. The molecule has 1 aliphatic carbocycles. The number of benzene rings is 2. The van der Waals surface area contributed by atoms with Gasteiger partial charge in [-0.2, -0.15) is 4.39 Å². The number of aromatic nitrogens is 2. The number of nitrogens with one attached hydrogen (secondary N) is 1. The van der Waals surface area contributed by atoms with Gasteiger partial charge in [0.2, 0.25) is 5.82 Å². The zero-order valence-corrected chi connectivity index (χ0v) is 21.0. The predicted molar refractivity (Wildman–Crippen MR) is 134 cm³/mol. The van der Waals surface area contributed by atoms with Crippen LogP contribution in [0.25, 0.3) is 10.9 Å². The number of hydrogen-bond acceptors (Lipinski definition) is 5. The predicted octanol–water partition coefficient (Wildman–Crippen LogP) is 5.90. The lowest BCUT2D eigenvalue weighted by Crippen LogP contribution is -2.29. The first-order valence-corrected chi connectivity index (χ1v) is 12.1. The summed E-state index contributed by atoms with van der Waals surface area (Å²) in [5.74, 6) is -0.599. The number of para-hydroxylation sites is 1. The van der Waals surface area contributed by atoms with Crippen molar-refractivity contribution >= 4 is 16.7 Å². The van der Waals surface area contributed by atoms with Gasteiger partial charge < -0.3 is 15.0 Å². The Morgan fingerprint density at radius 3 is 2.37 bits per heavy atom. The highest BCUT2D eigenvalue weighted by Crippen LogP contribution is 2.28. The van der Waals surface area contributed by atoms with E-state index >= 15 is 0 Å². The molecule has 5 nitrogen and oxygen atoms in total. The lowest BCUT2D eigenvalue weighted by atomic mass is 9.83. The first-order valence-electron chi connectivity index (χ1n) is 12.1. The van der Waals surface area contributed by atoms with Gasteiger partial charge in [0.25, 0.3) is 0 Å². The zero-order valence-electron chi connectivity index (χ0n) is 21.0. The summed E-state index contributed by atoms with van der Waals surface area (Å²) in [4.78, 5) is 10.8. The number of ether oxygens (including phenoxy) is 1. The molecule has 190 valence electrons. The van der Waals surface area contributed by atoms with Crippen molar-refractivity contribution in [2.24, 2.45) is 11.8 Å². The first kappa shape index (κ1) is 26.7. The fourth-order valence-corrected chi connectivity index (χ4v) is 4.22. The molecule has 1 aromatic heterocycles. The van der Waals surface area contributed by atoms with Crippen molar-refractivity contribution < 1.29 is 17.9 Å². The summed E-state index contributed by atoms with van der Waals surface area (Å²) >= 11 is 0. The Bertz CT molecular complexity index is 1100. The summed E-state index contributed by atoms with van der Waals surface area (Å²) in [5, 5.41) is 4.33. The van der Waals surface area contributed by atoms with Crippen molar-refractivity contribution in [2.75, 3.05) is 38.7 Å². The van der Waals surface area contributed by atoms with E-state index < -0.39 is 23.2 Å². The topological polar surface area (TPSA) is 50.3 Å². The van der Waals surface area contributed by atoms with E-state index in [0.717, 1.165) is 47.1 Å². The maximum absolute atomic E-state index is 13.3. The standard InChI is InChI=1S/C16H22F3NO.C11H13N3/c1-11-2-4-12(5-3-11)10-20-8-9-21-16-14(18)7-6-13(17)15(16)19;1-8-12-10-7-5-4-6-9(10)11(13-8)14(2)3/h6-7,11-12,20H,2-5,8-10H2,1H3;4-7H,1-3H3.